The SMILES string of the molecule is C=CCN(CCc1ccccc1)[Si](C)(C)C. The van der Waals surface area contributed by atoms with Crippen LogP contribution in [0.1, 0.15) is 5.56 Å². The van der Waals surface area contributed by atoms with Gasteiger partial charge in [0, 0.05) is 6.54 Å². The van der Waals surface area contributed by atoms with Gasteiger partial charge in [-0.3, -0.25) is 0 Å². The number of rotatable bonds is 6. The van der Waals surface area contributed by atoms with E-state index in [1.165, 1.54) is 5.56 Å². The second-order valence-electron chi connectivity index (χ2n) is 5.14. The molecule has 0 atom stereocenters. The Balaban J connectivity index is 2.54. The van der Waals surface area contributed by atoms with E-state index in [4.69, 9.17) is 0 Å². The molecule has 2 heteroatoms. The molecule has 0 aliphatic heterocycles. The van der Waals surface area contributed by atoms with Gasteiger partial charge in [0.15, 0.2) is 0 Å². The van der Waals surface area contributed by atoms with Crippen molar-refractivity contribution in [2.75, 3.05) is 13.1 Å². The zero-order chi connectivity index (χ0) is 12.0. The Morgan fingerprint density at radius 3 is 2.31 bits per heavy atom. The minimum Gasteiger partial charge on any atom is -0.320 e. The molecule has 0 bridgehead atoms. The lowest BCUT2D eigenvalue weighted by Gasteiger charge is -2.33. The van der Waals surface area contributed by atoms with Gasteiger partial charge in [-0.2, -0.15) is 0 Å². The third-order valence-corrected chi connectivity index (χ3v) is 5.11. The average molecular weight is 233 g/mol. The molecule has 0 fully saturated rings. The van der Waals surface area contributed by atoms with Crippen molar-refractivity contribution in [2.45, 2.75) is 26.1 Å². The first-order valence-corrected chi connectivity index (χ1v) is 9.38. The molecule has 88 valence electrons. The highest BCUT2D eigenvalue weighted by atomic mass is 28.3. The van der Waals surface area contributed by atoms with Crippen LogP contribution in [0.5, 0.6) is 0 Å². The minimum atomic E-state index is -1.20. The summed E-state index contributed by atoms with van der Waals surface area (Å²) in [4.78, 5) is 0. The highest BCUT2D eigenvalue weighted by Gasteiger charge is 2.21. The monoisotopic (exact) mass is 233 g/mol. The molecule has 0 saturated carbocycles. The van der Waals surface area contributed by atoms with E-state index in [9.17, 15) is 0 Å². The zero-order valence-corrected chi connectivity index (χ0v) is 11.7. The first-order chi connectivity index (χ1) is 7.54. The molecule has 16 heavy (non-hydrogen) atoms. The maximum Gasteiger partial charge on any atom is 0.119 e. The fraction of sp³-hybridized carbons (Fsp3) is 0.429. The third kappa shape index (κ3) is 4.33. The van der Waals surface area contributed by atoms with Gasteiger partial charge in [0.25, 0.3) is 0 Å². The normalized spacial score (nSPS) is 11.8. The summed E-state index contributed by atoms with van der Waals surface area (Å²) in [6, 6.07) is 10.7. The van der Waals surface area contributed by atoms with Gasteiger partial charge in [-0.25, -0.2) is 0 Å². The van der Waals surface area contributed by atoms with Gasteiger partial charge in [-0.05, 0) is 18.5 Å². The molecule has 0 spiro atoms. The Kier molecular flexibility index (Phi) is 4.96. The first-order valence-electron chi connectivity index (χ1n) is 5.94. The smallest absolute Gasteiger partial charge is 0.119 e. The topological polar surface area (TPSA) is 3.24 Å². The molecule has 1 aromatic rings. The number of hydrogen-bond donors (Lipinski definition) is 0. The van der Waals surface area contributed by atoms with Crippen molar-refractivity contribution >= 4 is 8.24 Å². The Bertz CT molecular complexity index is 313. The second-order valence-corrected chi connectivity index (χ2v) is 10.1. The van der Waals surface area contributed by atoms with Gasteiger partial charge < -0.3 is 4.57 Å². The molecule has 0 aliphatic carbocycles. The summed E-state index contributed by atoms with van der Waals surface area (Å²) < 4.78 is 2.59. The van der Waals surface area contributed by atoms with Gasteiger partial charge in [-0.15, -0.1) is 6.58 Å². The summed E-state index contributed by atoms with van der Waals surface area (Å²) in [7, 11) is -1.20. The molecular weight excluding hydrogens is 210 g/mol. The lowest BCUT2D eigenvalue weighted by molar-refractivity contribution is 0.470. The van der Waals surface area contributed by atoms with Crippen LogP contribution < -0.4 is 0 Å². The lowest BCUT2D eigenvalue weighted by atomic mass is 10.1. The fourth-order valence-corrected chi connectivity index (χ4v) is 3.22. The van der Waals surface area contributed by atoms with Crippen molar-refractivity contribution in [2.24, 2.45) is 0 Å². The van der Waals surface area contributed by atoms with E-state index in [2.05, 4.69) is 61.1 Å². The Hall–Kier alpha value is -0.863. The van der Waals surface area contributed by atoms with E-state index >= 15 is 0 Å². The van der Waals surface area contributed by atoms with Crippen molar-refractivity contribution in [3.05, 3.63) is 48.6 Å². The highest BCUT2D eigenvalue weighted by molar-refractivity contribution is 6.73. The summed E-state index contributed by atoms with van der Waals surface area (Å²) in [6.45, 7) is 13.2. The molecule has 0 aromatic heterocycles. The first kappa shape index (κ1) is 13.2. The lowest BCUT2D eigenvalue weighted by Crippen LogP contribution is -2.47. The maximum absolute atomic E-state index is 3.85. The highest BCUT2D eigenvalue weighted by Crippen LogP contribution is 2.11. The summed E-state index contributed by atoms with van der Waals surface area (Å²) in [6.07, 6.45) is 3.15. The summed E-state index contributed by atoms with van der Waals surface area (Å²) in [5, 5.41) is 0. The largest absolute Gasteiger partial charge is 0.320 e. The molecule has 0 unspecified atom stereocenters. The van der Waals surface area contributed by atoms with Crippen molar-refractivity contribution in [1.82, 2.24) is 4.57 Å². The van der Waals surface area contributed by atoms with Gasteiger partial charge >= 0.3 is 0 Å². The van der Waals surface area contributed by atoms with E-state index in [1.54, 1.807) is 0 Å². The standard InChI is InChI=1S/C14H23NSi/c1-5-12-15(16(2,3)4)13-11-14-9-7-6-8-10-14/h5-10H,1,11-13H2,2-4H3. The Morgan fingerprint density at radius 2 is 1.81 bits per heavy atom. The van der Waals surface area contributed by atoms with Gasteiger partial charge in [-0.1, -0.05) is 56.0 Å². The van der Waals surface area contributed by atoms with E-state index in [1.807, 2.05) is 6.08 Å². The maximum atomic E-state index is 3.85. The summed E-state index contributed by atoms with van der Waals surface area (Å²) in [5.74, 6) is 0. The minimum absolute atomic E-state index is 1.02. The predicted molar refractivity (Wildman–Crippen MR) is 75.3 cm³/mol. The zero-order valence-electron chi connectivity index (χ0n) is 10.7. The third-order valence-electron chi connectivity index (χ3n) is 2.81. The van der Waals surface area contributed by atoms with Crippen LogP contribution in [-0.2, 0) is 6.42 Å². The van der Waals surface area contributed by atoms with Gasteiger partial charge in [0.05, 0.1) is 0 Å². The average Bonchev–Trinajstić information content (AvgIpc) is 2.24. The number of benzene rings is 1. The molecular formula is C14H23NSi. The summed E-state index contributed by atoms with van der Waals surface area (Å²) >= 11 is 0. The van der Waals surface area contributed by atoms with Crippen LogP contribution in [0.15, 0.2) is 43.0 Å². The quantitative estimate of drug-likeness (QED) is 0.536. The van der Waals surface area contributed by atoms with Crippen LogP contribution in [0, 0.1) is 0 Å². The number of hydrogen-bond acceptors (Lipinski definition) is 1. The Morgan fingerprint density at radius 1 is 1.19 bits per heavy atom. The van der Waals surface area contributed by atoms with Crippen LogP contribution in [0.25, 0.3) is 0 Å². The number of nitrogens with zero attached hydrogens (tertiary/aromatic N) is 1. The van der Waals surface area contributed by atoms with Crippen molar-refractivity contribution in [3.8, 4) is 0 Å². The molecule has 0 N–H and O–H groups in total. The molecule has 0 aliphatic rings. The van der Waals surface area contributed by atoms with E-state index in [0.717, 1.165) is 19.5 Å². The van der Waals surface area contributed by atoms with Gasteiger partial charge in [0.2, 0.25) is 0 Å². The van der Waals surface area contributed by atoms with Crippen molar-refractivity contribution in [3.63, 3.8) is 0 Å². The molecule has 1 nitrogen and oxygen atoms in total. The van der Waals surface area contributed by atoms with Crippen molar-refractivity contribution in [1.29, 1.82) is 0 Å². The molecule has 0 saturated heterocycles. The van der Waals surface area contributed by atoms with Crippen LogP contribution in [0.4, 0.5) is 0 Å². The van der Waals surface area contributed by atoms with Crippen LogP contribution in [0.3, 0.4) is 0 Å². The van der Waals surface area contributed by atoms with Crippen LogP contribution in [0.2, 0.25) is 19.6 Å². The van der Waals surface area contributed by atoms with E-state index in [-0.39, 0.29) is 0 Å². The van der Waals surface area contributed by atoms with E-state index < -0.39 is 8.24 Å². The fourth-order valence-electron chi connectivity index (χ4n) is 1.77. The molecule has 1 rings (SSSR count). The molecule has 0 radical (unpaired) electrons. The van der Waals surface area contributed by atoms with Crippen LogP contribution >= 0.6 is 0 Å². The molecule has 0 heterocycles. The molecule has 1 aromatic carbocycles. The second kappa shape index (κ2) is 6.02. The van der Waals surface area contributed by atoms with Crippen molar-refractivity contribution < 1.29 is 0 Å². The summed E-state index contributed by atoms with van der Waals surface area (Å²) in [5.41, 5.74) is 1.43. The van der Waals surface area contributed by atoms with Crippen LogP contribution in [-0.4, -0.2) is 25.9 Å². The van der Waals surface area contributed by atoms with E-state index in [0.29, 0.717) is 0 Å². The molecule has 0 amide bonds. The van der Waals surface area contributed by atoms with Gasteiger partial charge in [0.1, 0.15) is 8.24 Å². The predicted octanol–water partition coefficient (Wildman–Crippen LogP) is 3.55. The Labute approximate surface area is 101 Å².